The number of nitrogens with zero attached hydrogens (tertiary/aromatic N) is 2. The first kappa shape index (κ1) is 20.5. The molecule has 0 spiro atoms. The zero-order chi connectivity index (χ0) is 20.3. The van der Waals surface area contributed by atoms with Gasteiger partial charge in [-0.1, -0.05) is 0 Å². The summed E-state index contributed by atoms with van der Waals surface area (Å²) < 4.78 is 62.1. The zero-order valence-electron chi connectivity index (χ0n) is 15.8. The van der Waals surface area contributed by atoms with E-state index in [-0.39, 0.29) is 35.3 Å². The van der Waals surface area contributed by atoms with Crippen molar-refractivity contribution in [3.8, 4) is 0 Å². The summed E-state index contributed by atoms with van der Waals surface area (Å²) in [6.45, 7) is 7.36. The minimum atomic E-state index is -3.98. The van der Waals surface area contributed by atoms with E-state index in [0.29, 0.717) is 5.46 Å². The molecular weight excluding hydrogens is 393 g/mol. The van der Waals surface area contributed by atoms with E-state index in [9.17, 15) is 16.8 Å². The van der Waals surface area contributed by atoms with Crippen LogP contribution in [-0.4, -0.2) is 69.0 Å². The number of hydrogen-bond donors (Lipinski definition) is 1. The molecule has 0 bridgehead atoms. The van der Waals surface area contributed by atoms with E-state index in [1.165, 1.54) is 12.3 Å². The van der Waals surface area contributed by atoms with E-state index in [1.807, 2.05) is 27.7 Å². The number of nitrogens with two attached hydrogens (primary N) is 1. The molecule has 0 amide bonds. The normalized spacial score (nSPS) is 24.8. The standard InChI is InChI=1S/C15H24BN3O6S2/c1-14(2)15(3,4)25-16(24-14)11-9-12(13(17)18-10-11)27(22,23)19-5-7-26(20,21)8-6-19/h9-10H,5-8H2,1-4H3,(H2,17,18). The van der Waals surface area contributed by atoms with Gasteiger partial charge in [-0.25, -0.2) is 21.8 Å². The topological polar surface area (TPSA) is 129 Å². The largest absolute Gasteiger partial charge is 0.496 e. The average molecular weight is 417 g/mol. The zero-order valence-corrected chi connectivity index (χ0v) is 17.4. The molecule has 2 N–H and O–H groups in total. The quantitative estimate of drug-likeness (QED) is 0.645. The van der Waals surface area contributed by atoms with E-state index in [0.717, 1.165) is 4.31 Å². The first-order valence-electron chi connectivity index (χ1n) is 8.57. The maximum absolute atomic E-state index is 13.0. The molecule has 2 aliphatic heterocycles. The van der Waals surface area contributed by atoms with Crippen molar-refractivity contribution < 1.29 is 26.1 Å². The summed E-state index contributed by atoms with van der Waals surface area (Å²) in [6, 6.07) is 1.39. The highest BCUT2D eigenvalue weighted by atomic mass is 32.2. The van der Waals surface area contributed by atoms with Gasteiger partial charge in [-0.15, -0.1) is 0 Å². The Morgan fingerprint density at radius 3 is 2.19 bits per heavy atom. The SMILES string of the molecule is CC1(C)OB(c2cnc(N)c(S(=O)(=O)N3CCS(=O)(=O)CC3)c2)OC1(C)C. The summed E-state index contributed by atoms with van der Waals surface area (Å²) in [5.41, 5.74) is 5.09. The first-order chi connectivity index (χ1) is 12.3. The van der Waals surface area contributed by atoms with Crippen LogP contribution in [0, 0.1) is 0 Å². The lowest BCUT2D eigenvalue weighted by Crippen LogP contribution is -2.44. The van der Waals surface area contributed by atoms with Crippen LogP contribution < -0.4 is 11.2 Å². The van der Waals surface area contributed by atoms with E-state index < -0.39 is 38.2 Å². The number of sulfone groups is 1. The van der Waals surface area contributed by atoms with Crippen molar-refractivity contribution in [3.63, 3.8) is 0 Å². The Bertz CT molecular complexity index is 932. The van der Waals surface area contributed by atoms with Crippen molar-refractivity contribution in [2.45, 2.75) is 43.8 Å². The highest BCUT2D eigenvalue weighted by molar-refractivity contribution is 7.92. The van der Waals surface area contributed by atoms with Crippen LogP contribution in [0.4, 0.5) is 5.82 Å². The molecule has 150 valence electrons. The molecule has 2 aliphatic rings. The number of pyridine rings is 1. The summed E-state index contributed by atoms with van der Waals surface area (Å²) >= 11 is 0. The van der Waals surface area contributed by atoms with Crippen LogP contribution in [0.3, 0.4) is 0 Å². The predicted octanol–water partition coefficient (Wildman–Crippen LogP) is -0.618. The average Bonchev–Trinajstić information content (AvgIpc) is 2.75. The monoisotopic (exact) mass is 417 g/mol. The van der Waals surface area contributed by atoms with Crippen LogP contribution >= 0.6 is 0 Å². The van der Waals surface area contributed by atoms with E-state index in [2.05, 4.69) is 4.98 Å². The number of sulfonamides is 1. The molecule has 3 heterocycles. The van der Waals surface area contributed by atoms with Gasteiger partial charge in [0.25, 0.3) is 0 Å². The molecule has 0 saturated carbocycles. The summed E-state index contributed by atoms with van der Waals surface area (Å²) in [5, 5.41) is 0. The smallest absolute Gasteiger partial charge is 0.399 e. The lowest BCUT2D eigenvalue weighted by atomic mass is 9.80. The number of anilines is 1. The minimum absolute atomic E-state index is 0.106. The Morgan fingerprint density at radius 2 is 1.67 bits per heavy atom. The molecular formula is C15H24BN3O6S2. The highest BCUT2D eigenvalue weighted by Crippen LogP contribution is 2.36. The summed E-state index contributed by atoms with van der Waals surface area (Å²) in [4.78, 5) is 3.83. The van der Waals surface area contributed by atoms with Gasteiger partial charge in [0.15, 0.2) is 9.84 Å². The van der Waals surface area contributed by atoms with Crippen LogP contribution in [0.15, 0.2) is 17.2 Å². The fraction of sp³-hybridized carbons (Fsp3) is 0.667. The second-order valence-corrected chi connectivity index (χ2v) is 12.0. The molecule has 0 aromatic carbocycles. The van der Waals surface area contributed by atoms with Crippen molar-refractivity contribution in [2.24, 2.45) is 0 Å². The van der Waals surface area contributed by atoms with Gasteiger partial charge in [0, 0.05) is 24.7 Å². The Kier molecular flexibility index (Phi) is 4.87. The second kappa shape index (κ2) is 6.41. The molecule has 9 nitrogen and oxygen atoms in total. The summed E-state index contributed by atoms with van der Waals surface area (Å²) in [5.74, 6) is -0.573. The molecule has 2 fully saturated rings. The van der Waals surface area contributed by atoms with Crippen molar-refractivity contribution in [1.82, 2.24) is 9.29 Å². The van der Waals surface area contributed by atoms with Gasteiger partial charge < -0.3 is 15.0 Å². The van der Waals surface area contributed by atoms with Crippen LogP contribution in [0.2, 0.25) is 0 Å². The van der Waals surface area contributed by atoms with Crippen LogP contribution in [0.25, 0.3) is 0 Å². The molecule has 12 heteroatoms. The maximum atomic E-state index is 13.0. The minimum Gasteiger partial charge on any atom is -0.399 e. The molecule has 27 heavy (non-hydrogen) atoms. The van der Waals surface area contributed by atoms with Gasteiger partial charge in [-0.2, -0.15) is 4.31 Å². The van der Waals surface area contributed by atoms with Crippen LogP contribution in [0.5, 0.6) is 0 Å². The van der Waals surface area contributed by atoms with Gasteiger partial charge >= 0.3 is 7.12 Å². The Balaban J connectivity index is 1.93. The van der Waals surface area contributed by atoms with Gasteiger partial charge in [-0.3, -0.25) is 0 Å². The Labute approximate surface area is 160 Å². The van der Waals surface area contributed by atoms with Gasteiger partial charge in [0.05, 0.1) is 22.7 Å². The summed E-state index contributed by atoms with van der Waals surface area (Å²) in [6.07, 6.45) is 1.43. The molecule has 1 aromatic heterocycles. The molecule has 1 aromatic rings. The number of rotatable bonds is 3. The lowest BCUT2D eigenvalue weighted by molar-refractivity contribution is 0.00578. The third-order valence-corrected chi connectivity index (χ3v) is 8.89. The molecule has 0 radical (unpaired) electrons. The molecule has 0 aliphatic carbocycles. The van der Waals surface area contributed by atoms with Crippen molar-refractivity contribution >= 4 is 38.3 Å². The molecule has 0 unspecified atom stereocenters. The lowest BCUT2D eigenvalue weighted by Gasteiger charge is -2.32. The van der Waals surface area contributed by atoms with E-state index in [1.54, 1.807) is 0 Å². The summed E-state index contributed by atoms with van der Waals surface area (Å²) in [7, 11) is -7.97. The third-order valence-electron chi connectivity index (χ3n) is 5.35. The molecule has 0 atom stereocenters. The predicted molar refractivity (Wildman–Crippen MR) is 102 cm³/mol. The number of nitrogen functional groups attached to an aromatic ring is 1. The van der Waals surface area contributed by atoms with Crippen LogP contribution in [-0.2, 0) is 29.2 Å². The third kappa shape index (κ3) is 3.73. The fourth-order valence-corrected chi connectivity index (χ4v) is 5.84. The van der Waals surface area contributed by atoms with E-state index in [4.69, 9.17) is 15.0 Å². The second-order valence-electron chi connectivity index (χ2n) is 7.80. The van der Waals surface area contributed by atoms with Gasteiger partial charge in [0.1, 0.15) is 10.7 Å². The van der Waals surface area contributed by atoms with E-state index >= 15 is 0 Å². The Morgan fingerprint density at radius 1 is 1.15 bits per heavy atom. The number of aromatic nitrogens is 1. The molecule has 2 saturated heterocycles. The molecule has 3 rings (SSSR count). The van der Waals surface area contributed by atoms with Crippen molar-refractivity contribution in [3.05, 3.63) is 12.3 Å². The number of hydrogen-bond acceptors (Lipinski definition) is 8. The maximum Gasteiger partial charge on any atom is 0.496 e. The van der Waals surface area contributed by atoms with Gasteiger partial charge in [-0.05, 0) is 33.8 Å². The highest BCUT2D eigenvalue weighted by Gasteiger charge is 2.52. The van der Waals surface area contributed by atoms with Crippen LogP contribution in [0.1, 0.15) is 27.7 Å². The van der Waals surface area contributed by atoms with Crippen molar-refractivity contribution in [2.75, 3.05) is 30.3 Å². The van der Waals surface area contributed by atoms with Gasteiger partial charge in [0.2, 0.25) is 10.0 Å². The fourth-order valence-electron chi connectivity index (χ4n) is 2.86. The van der Waals surface area contributed by atoms with Crippen molar-refractivity contribution in [1.29, 1.82) is 0 Å². The first-order valence-corrected chi connectivity index (χ1v) is 11.8. The Hall–Kier alpha value is -1.21.